The maximum absolute atomic E-state index is 13.6. The molecule has 0 amide bonds. The standard InChI is InChI=1S/C11H10BrFN2S/c12-7-5-10(16-6-7)11(15-14)8-3-1-2-4-9(8)13/h1-6,11,15H,14H2. The number of halogens is 2. The van der Waals surface area contributed by atoms with Crippen molar-refractivity contribution in [1.82, 2.24) is 5.43 Å². The first-order chi connectivity index (χ1) is 7.72. The lowest BCUT2D eigenvalue weighted by Gasteiger charge is -2.15. The van der Waals surface area contributed by atoms with Gasteiger partial charge in [0.25, 0.3) is 0 Å². The molecule has 1 aromatic heterocycles. The molecule has 2 nitrogen and oxygen atoms in total. The van der Waals surface area contributed by atoms with Crippen LogP contribution in [0.1, 0.15) is 16.5 Å². The first kappa shape index (κ1) is 11.7. The van der Waals surface area contributed by atoms with Crippen molar-refractivity contribution in [2.45, 2.75) is 6.04 Å². The number of hydrazine groups is 1. The van der Waals surface area contributed by atoms with Crippen LogP contribution in [0.4, 0.5) is 4.39 Å². The second-order valence-electron chi connectivity index (χ2n) is 3.29. The van der Waals surface area contributed by atoms with Gasteiger partial charge in [0, 0.05) is 20.3 Å². The Labute approximate surface area is 105 Å². The van der Waals surface area contributed by atoms with Crippen LogP contribution in [0.15, 0.2) is 40.2 Å². The van der Waals surface area contributed by atoms with Crippen LogP contribution in [0.5, 0.6) is 0 Å². The van der Waals surface area contributed by atoms with Crippen molar-refractivity contribution >= 4 is 27.3 Å². The lowest BCUT2D eigenvalue weighted by atomic mass is 10.1. The van der Waals surface area contributed by atoms with Crippen molar-refractivity contribution in [3.8, 4) is 0 Å². The number of nitrogens with two attached hydrogens (primary N) is 1. The van der Waals surface area contributed by atoms with Gasteiger partial charge >= 0.3 is 0 Å². The minimum atomic E-state index is -0.308. The first-order valence-electron chi connectivity index (χ1n) is 4.67. The van der Waals surface area contributed by atoms with E-state index < -0.39 is 0 Å². The second kappa shape index (κ2) is 5.05. The average molecular weight is 301 g/mol. The zero-order valence-corrected chi connectivity index (χ0v) is 10.7. The maximum atomic E-state index is 13.6. The second-order valence-corrected chi connectivity index (χ2v) is 5.15. The van der Waals surface area contributed by atoms with Crippen LogP contribution < -0.4 is 11.3 Å². The molecule has 0 aliphatic heterocycles. The molecule has 0 fully saturated rings. The van der Waals surface area contributed by atoms with Crippen LogP contribution in [-0.4, -0.2) is 0 Å². The number of benzene rings is 1. The van der Waals surface area contributed by atoms with Gasteiger partial charge in [-0.15, -0.1) is 11.3 Å². The van der Waals surface area contributed by atoms with Gasteiger partial charge in [-0.1, -0.05) is 18.2 Å². The molecule has 1 unspecified atom stereocenters. The van der Waals surface area contributed by atoms with Crippen LogP contribution in [0.2, 0.25) is 0 Å². The predicted octanol–water partition coefficient (Wildman–Crippen LogP) is 3.20. The van der Waals surface area contributed by atoms with Crippen molar-refractivity contribution in [2.24, 2.45) is 5.84 Å². The Kier molecular flexibility index (Phi) is 3.70. The Balaban J connectivity index is 2.40. The monoisotopic (exact) mass is 300 g/mol. The van der Waals surface area contributed by atoms with E-state index in [0.717, 1.165) is 9.35 Å². The molecule has 16 heavy (non-hydrogen) atoms. The molecule has 84 valence electrons. The Bertz CT molecular complexity index is 486. The SMILES string of the molecule is NNC(c1cc(Br)cs1)c1ccccc1F. The van der Waals surface area contributed by atoms with E-state index in [1.807, 2.05) is 11.4 Å². The highest BCUT2D eigenvalue weighted by Crippen LogP contribution is 2.30. The van der Waals surface area contributed by atoms with Crippen LogP contribution in [-0.2, 0) is 0 Å². The largest absolute Gasteiger partial charge is 0.271 e. The molecule has 1 heterocycles. The Morgan fingerprint density at radius 2 is 2.12 bits per heavy atom. The van der Waals surface area contributed by atoms with Gasteiger partial charge in [-0.25, -0.2) is 9.82 Å². The molecule has 2 aromatic rings. The fourth-order valence-corrected chi connectivity index (χ4v) is 3.04. The minimum absolute atomic E-state index is 0.255. The summed E-state index contributed by atoms with van der Waals surface area (Å²) in [7, 11) is 0. The summed E-state index contributed by atoms with van der Waals surface area (Å²) in [5.41, 5.74) is 3.19. The molecular formula is C11H10BrFN2S. The lowest BCUT2D eigenvalue weighted by Crippen LogP contribution is -2.28. The number of hydrogen-bond acceptors (Lipinski definition) is 3. The quantitative estimate of drug-likeness (QED) is 0.675. The first-order valence-corrected chi connectivity index (χ1v) is 6.34. The third kappa shape index (κ3) is 2.32. The number of thiophene rings is 1. The predicted molar refractivity (Wildman–Crippen MR) is 67.6 cm³/mol. The van der Waals surface area contributed by atoms with E-state index in [9.17, 15) is 4.39 Å². The van der Waals surface area contributed by atoms with E-state index >= 15 is 0 Å². The molecule has 0 saturated carbocycles. The van der Waals surface area contributed by atoms with Crippen molar-refractivity contribution in [1.29, 1.82) is 0 Å². The van der Waals surface area contributed by atoms with Gasteiger partial charge in [-0.3, -0.25) is 5.84 Å². The van der Waals surface area contributed by atoms with Gasteiger partial charge in [0.05, 0.1) is 6.04 Å². The summed E-state index contributed by atoms with van der Waals surface area (Å²) in [6.07, 6.45) is 0. The molecule has 5 heteroatoms. The highest BCUT2D eigenvalue weighted by atomic mass is 79.9. The summed E-state index contributed by atoms with van der Waals surface area (Å²) in [5, 5.41) is 1.94. The van der Waals surface area contributed by atoms with E-state index in [-0.39, 0.29) is 11.9 Å². The number of nitrogens with one attached hydrogen (secondary N) is 1. The molecule has 0 saturated heterocycles. The zero-order chi connectivity index (χ0) is 11.5. The molecule has 0 bridgehead atoms. The van der Waals surface area contributed by atoms with Crippen molar-refractivity contribution in [3.05, 3.63) is 56.4 Å². The summed E-state index contributed by atoms with van der Waals surface area (Å²) in [5.74, 6) is 5.24. The zero-order valence-electron chi connectivity index (χ0n) is 8.28. The lowest BCUT2D eigenvalue weighted by molar-refractivity contribution is 0.564. The summed E-state index contributed by atoms with van der Waals surface area (Å²) >= 11 is 4.90. The van der Waals surface area contributed by atoms with E-state index in [2.05, 4.69) is 21.4 Å². The van der Waals surface area contributed by atoms with Crippen LogP contribution in [0.25, 0.3) is 0 Å². The maximum Gasteiger partial charge on any atom is 0.128 e. The third-order valence-corrected chi connectivity index (χ3v) is 4.01. The van der Waals surface area contributed by atoms with Gasteiger partial charge in [0.15, 0.2) is 0 Å². The molecule has 0 aliphatic carbocycles. The molecular weight excluding hydrogens is 291 g/mol. The van der Waals surface area contributed by atoms with E-state index in [1.54, 1.807) is 18.2 Å². The summed E-state index contributed by atoms with van der Waals surface area (Å²) in [6.45, 7) is 0. The third-order valence-electron chi connectivity index (χ3n) is 2.26. The number of hydrogen-bond donors (Lipinski definition) is 2. The molecule has 0 radical (unpaired) electrons. The Hall–Kier alpha value is -0.750. The van der Waals surface area contributed by atoms with Gasteiger partial charge < -0.3 is 0 Å². The van der Waals surface area contributed by atoms with Gasteiger partial charge in [-0.2, -0.15) is 0 Å². The van der Waals surface area contributed by atoms with Crippen molar-refractivity contribution in [2.75, 3.05) is 0 Å². The van der Waals surface area contributed by atoms with Crippen molar-refractivity contribution < 1.29 is 4.39 Å². The highest BCUT2D eigenvalue weighted by Gasteiger charge is 2.17. The molecule has 2 rings (SSSR count). The Morgan fingerprint density at radius 3 is 2.69 bits per heavy atom. The highest BCUT2D eigenvalue weighted by molar-refractivity contribution is 9.10. The van der Waals surface area contributed by atoms with E-state index in [1.165, 1.54) is 17.4 Å². The fourth-order valence-electron chi connectivity index (χ4n) is 1.51. The average Bonchev–Trinajstić information content (AvgIpc) is 2.69. The molecule has 0 aliphatic rings. The smallest absolute Gasteiger partial charge is 0.128 e. The molecule has 0 spiro atoms. The normalized spacial score (nSPS) is 12.7. The van der Waals surface area contributed by atoms with E-state index in [0.29, 0.717) is 5.56 Å². The fraction of sp³-hybridized carbons (Fsp3) is 0.0909. The van der Waals surface area contributed by atoms with Gasteiger partial charge in [0.1, 0.15) is 5.82 Å². The summed E-state index contributed by atoms with van der Waals surface area (Å²) < 4.78 is 14.6. The van der Waals surface area contributed by atoms with Gasteiger partial charge in [-0.05, 0) is 28.1 Å². The summed E-state index contributed by atoms with van der Waals surface area (Å²) in [6, 6.07) is 8.25. The van der Waals surface area contributed by atoms with Gasteiger partial charge in [0.2, 0.25) is 0 Å². The topological polar surface area (TPSA) is 38.0 Å². The molecule has 1 aromatic carbocycles. The Morgan fingerprint density at radius 1 is 1.38 bits per heavy atom. The minimum Gasteiger partial charge on any atom is -0.271 e. The molecule has 3 N–H and O–H groups in total. The van der Waals surface area contributed by atoms with E-state index in [4.69, 9.17) is 5.84 Å². The van der Waals surface area contributed by atoms with Crippen LogP contribution in [0.3, 0.4) is 0 Å². The number of rotatable bonds is 3. The van der Waals surface area contributed by atoms with Crippen LogP contribution in [0, 0.1) is 5.82 Å². The van der Waals surface area contributed by atoms with Crippen molar-refractivity contribution in [3.63, 3.8) is 0 Å². The van der Waals surface area contributed by atoms with Crippen LogP contribution >= 0.6 is 27.3 Å². The molecule has 1 atom stereocenters. The summed E-state index contributed by atoms with van der Waals surface area (Å²) in [4.78, 5) is 0.972.